The van der Waals surface area contributed by atoms with Crippen molar-refractivity contribution in [3.05, 3.63) is 41.2 Å². The van der Waals surface area contributed by atoms with E-state index >= 15 is 0 Å². The van der Waals surface area contributed by atoms with Gasteiger partial charge in [-0.25, -0.2) is 0 Å². The van der Waals surface area contributed by atoms with Gasteiger partial charge in [0.1, 0.15) is 0 Å². The number of hydrogen-bond acceptors (Lipinski definition) is 6. The Morgan fingerprint density at radius 2 is 1.81 bits per heavy atom. The highest BCUT2D eigenvalue weighted by Crippen LogP contribution is 2.25. The second kappa shape index (κ2) is 7.03. The van der Waals surface area contributed by atoms with Crippen LogP contribution in [0.5, 0.6) is 0 Å². The minimum atomic E-state index is -0.219. The smallest absolute Gasteiger partial charge is 0.261 e. The highest BCUT2D eigenvalue weighted by Gasteiger charge is 2.35. The Hall–Kier alpha value is -2.48. The average Bonchev–Trinajstić information content (AvgIpc) is 3.18. The molecule has 2 amide bonds. The molecule has 4 rings (SSSR count). The molecule has 8 heteroatoms. The topological polar surface area (TPSA) is 80.5 Å². The zero-order chi connectivity index (χ0) is 18.1. The molecule has 26 heavy (non-hydrogen) atoms. The standard InChI is InChI=1S/C18H19N5O2S/c1-2-3-8-15-19-20-18-23(15)21-12(11-26-18)9-10-22-16(24)13-6-4-5-7-14(13)17(22)25/h4-7H,2-3,8-11H2,1H3. The van der Waals surface area contributed by atoms with Gasteiger partial charge in [-0.05, 0) is 18.6 Å². The number of unbranched alkanes of at least 4 members (excludes halogenated alkanes) is 1. The number of thioether (sulfide) groups is 1. The summed E-state index contributed by atoms with van der Waals surface area (Å²) in [5, 5.41) is 13.9. The molecule has 0 spiro atoms. The molecule has 1 aromatic carbocycles. The number of imide groups is 1. The van der Waals surface area contributed by atoms with E-state index < -0.39 is 0 Å². The highest BCUT2D eigenvalue weighted by atomic mass is 32.2. The highest BCUT2D eigenvalue weighted by molar-refractivity contribution is 7.99. The fraction of sp³-hybridized carbons (Fsp3) is 0.389. The van der Waals surface area contributed by atoms with Crippen LogP contribution in [0, 0.1) is 0 Å². The lowest BCUT2D eigenvalue weighted by molar-refractivity contribution is 0.0658. The van der Waals surface area contributed by atoms with Gasteiger partial charge in [-0.15, -0.1) is 10.2 Å². The molecule has 134 valence electrons. The largest absolute Gasteiger partial charge is 0.274 e. The lowest BCUT2D eigenvalue weighted by Gasteiger charge is -2.17. The zero-order valence-corrected chi connectivity index (χ0v) is 15.3. The number of benzene rings is 1. The van der Waals surface area contributed by atoms with Gasteiger partial charge < -0.3 is 0 Å². The molecule has 2 aromatic rings. The predicted octanol–water partition coefficient (Wildman–Crippen LogP) is 2.62. The normalized spacial score (nSPS) is 15.9. The maximum absolute atomic E-state index is 12.4. The van der Waals surface area contributed by atoms with Crippen molar-refractivity contribution in [1.82, 2.24) is 19.8 Å². The van der Waals surface area contributed by atoms with Crippen molar-refractivity contribution >= 4 is 29.3 Å². The third kappa shape index (κ3) is 2.94. The Labute approximate surface area is 155 Å². The molecule has 2 aliphatic rings. The van der Waals surface area contributed by atoms with Crippen LogP contribution in [0.25, 0.3) is 0 Å². The molecule has 2 aliphatic heterocycles. The van der Waals surface area contributed by atoms with E-state index in [2.05, 4.69) is 22.2 Å². The molecule has 1 aromatic heterocycles. The number of aromatic nitrogens is 3. The van der Waals surface area contributed by atoms with Crippen LogP contribution in [0.1, 0.15) is 52.7 Å². The van der Waals surface area contributed by atoms with Gasteiger partial charge in [-0.1, -0.05) is 37.2 Å². The minimum absolute atomic E-state index is 0.219. The van der Waals surface area contributed by atoms with Gasteiger partial charge in [-0.3, -0.25) is 14.5 Å². The second-order valence-electron chi connectivity index (χ2n) is 6.33. The molecule has 0 radical (unpaired) electrons. The van der Waals surface area contributed by atoms with Crippen molar-refractivity contribution in [1.29, 1.82) is 0 Å². The van der Waals surface area contributed by atoms with E-state index in [4.69, 9.17) is 0 Å². The van der Waals surface area contributed by atoms with Gasteiger partial charge in [0.05, 0.1) is 16.8 Å². The van der Waals surface area contributed by atoms with E-state index in [1.807, 2.05) is 4.68 Å². The molecule has 0 aliphatic carbocycles. The Morgan fingerprint density at radius 1 is 1.08 bits per heavy atom. The van der Waals surface area contributed by atoms with Crippen LogP contribution in [0.2, 0.25) is 0 Å². The molecule has 0 saturated carbocycles. The molecule has 3 heterocycles. The fourth-order valence-electron chi connectivity index (χ4n) is 3.10. The summed E-state index contributed by atoms with van der Waals surface area (Å²) in [5.74, 6) is 1.13. The molecule has 0 bridgehead atoms. The summed E-state index contributed by atoms with van der Waals surface area (Å²) in [6.45, 7) is 2.48. The summed E-state index contributed by atoms with van der Waals surface area (Å²) >= 11 is 1.59. The van der Waals surface area contributed by atoms with Crippen LogP contribution >= 0.6 is 11.8 Å². The molecule has 0 saturated heterocycles. The first-order chi connectivity index (χ1) is 12.7. The van der Waals surface area contributed by atoms with Crippen molar-refractivity contribution in [3.8, 4) is 0 Å². The molecule has 0 atom stereocenters. The Morgan fingerprint density at radius 3 is 2.50 bits per heavy atom. The number of fused-ring (bicyclic) bond motifs is 2. The molecular weight excluding hydrogens is 350 g/mol. The number of carbonyl (C=O) groups is 2. The van der Waals surface area contributed by atoms with Crippen LogP contribution < -0.4 is 0 Å². The SMILES string of the molecule is CCCCc1nnc2n1N=C(CCN1C(=O)c3ccccc3C1=O)CS2. The van der Waals surface area contributed by atoms with Crippen molar-refractivity contribution in [2.24, 2.45) is 5.10 Å². The third-order valence-electron chi connectivity index (χ3n) is 4.54. The maximum atomic E-state index is 12.4. The second-order valence-corrected chi connectivity index (χ2v) is 7.27. The van der Waals surface area contributed by atoms with Gasteiger partial charge in [0.25, 0.3) is 11.8 Å². The average molecular weight is 369 g/mol. The Balaban J connectivity index is 1.47. The van der Waals surface area contributed by atoms with Crippen molar-refractivity contribution in [2.45, 2.75) is 37.8 Å². The lowest BCUT2D eigenvalue weighted by Crippen LogP contribution is -2.32. The van der Waals surface area contributed by atoms with Gasteiger partial charge >= 0.3 is 0 Å². The van der Waals surface area contributed by atoms with Crippen LogP contribution in [-0.4, -0.2) is 49.6 Å². The third-order valence-corrected chi connectivity index (χ3v) is 5.53. The van der Waals surface area contributed by atoms with E-state index in [-0.39, 0.29) is 11.8 Å². The molecule has 0 fully saturated rings. The maximum Gasteiger partial charge on any atom is 0.261 e. The summed E-state index contributed by atoms with van der Waals surface area (Å²) in [5.41, 5.74) is 1.91. The van der Waals surface area contributed by atoms with Crippen molar-refractivity contribution in [3.63, 3.8) is 0 Å². The summed E-state index contributed by atoms with van der Waals surface area (Å²) in [6.07, 6.45) is 3.54. The minimum Gasteiger partial charge on any atom is -0.274 e. The first-order valence-electron chi connectivity index (χ1n) is 8.78. The fourth-order valence-corrected chi connectivity index (χ4v) is 3.97. The zero-order valence-electron chi connectivity index (χ0n) is 14.5. The number of hydrogen-bond donors (Lipinski definition) is 0. The van der Waals surface area contributed by atoms with E-state index in [1.165, 1.54) is 4.90 Å². The van der Waals surface area contributed by atoms with E-state index in [0.717, 1.165) is 36.0 Å². The first kappa shape index (κ1) is 17.0. The predicted molar refractivity (Wildman–Crippen MR) is 98.6 cm³/mol. The summed E-state index contributed by atoms with van der Waals surface area (Å²) < 4.78 is 1.81. The van der Waals surface area contributed by atoms with Gasteiger partial charge in [0.15, 0.2) is 5.82 Å². The van der Waals surface area contributed by atoms with E-state index in [1.54, 1.807) is 36.0 Å². The Bertz CT molecular complexity index is 870. The monoisotopic (exact) mass is 369 g/mol. The van der Waals surface area contributed by atoms with Crippen molar-refractivity contribution in [2.75, 3.05) is 12.3 Å². The molecular formula is C18H19N5O2S. The molecule has 0 unspecified atom stereocenters. The number of rotatable bonds is 6. The van der Waals surface area contributed by atoms with Crippen LogP contribution in [-0.2, 0) is 6.42 Å². The number of aryl methyl sites for hydroxylation is 1. The first-order valence-corrected chi connectivity index (χ1v) is 9.76. The van der Waals surface area contributed by atoms with Crippen molar-refractivity contribution < 1.29 is 9.59 Å². The quantitative estimate of drug-likeness (QED) is 0.731. The Kier molecular flexibility index (Phi) is 4.58. The van der Waals surface area contributed by atoms with Crippen LogP contribution in [0.3, 0.4) is 0 Å². The molecule has 7 nitrogen and oxygen atoms in total. The summed E-state index contributed by atoms with van der Waals surface area (Å²) in [4.78, 5) is 26.2. The van der Waals surface area contributed by atoms with E-state index in [0.29, 0.717) is 29.8 Å². The van der Waals surface area contributed by atoms with Gasteiger partial charge in [-0.2, -0.15) is 9.78 Å². The summed E-state index contributed by atoms with van der Waals surface area (Å²) in [7, 11) is 0. The number of nitrogens with zero attached hydrogens (tertiary/aromatic N) is 5. The number of carbonyl (C=O) groups excluding carboxylic acids is 2. The van der Waals surface area contributed by atoms with Gasteiger partial charge in [0, 0.05) is 25.1 Å². The van der Waals surface area contributed by atoms with Crippen LogP contribution in [0.4, 0.5) is 0 Å². The summed E-state index contributed by atoms with van der Waals surface area (Å²) in [6, 6.07) is 6.96. The van der Waals surface area contributed by atoms with E-state index in [9.17, 15) is 9.59 Å². The van der Waals surface area contributed by atoms with Crippen LogP contribution in [0.15, 0.2) is 34.5 Å². The lowest BCUT2D eigenvalue weighted by atomic mass is 10.1. The number of amides is 2. The molecule has 0 N–H and O–H groups in total. The van der Waals surface area contributed by atoms with Gasteiger partial charge in [0.2, 0.25) is 5.16 Å².